The van der Waals surface area contributed by atoms with Gasteiger partial charge in [0.2, 0.25) is 0 Å². The molecular formula is C10H16O3. The first-order chi connectivity index (χ1) is 6.14. The Morgan fingerprint density at radius 2 is 2.23 bits per heavy atom. The SMILES string of the molecule is C=CC(=O)OC(C)C1(OC)CCC1. The van der Waals surface area contributed by atoms with E-state index < -0.39 is 0 Å². The molecule has 74 valence electrons. The molecule has 0 N–H and O–H groups in total. The number of hydrogen-bond donors (Lipinski definition) is 0. The monoisotopic (exact) mass is 184 g/mol. The Morgan fingerprint density at radius 3 is 2.54 bits per heavy atom. The van der Waals surface area contributed by atoms with Crippen LogP contribution in [-0.4, -0.2) is 24.8 Å². The summed E-state index contributed by atoms with van der Waals surface area (Å²) in [5.74, 6) is -0.379. The molecule has 13 heavy (non-hydrogen) atoms. The number of carbonyl (C=O) groups excluding carboxylic acids is 1. The predicted molar refractivity (Wildman–Crippen MR) is 49.3 cm³/mol. The highest BCUT2D eigenvalue weighted by Gasteiger charge is 2.44. The smallest absolute Gasteiger partial charge is 0.330 e. The summed E-state index contributed by atoms with van der Waals surface area (Å²) in [4.78, 5) is 10.9. The van der Waals surface area contributed by atoms with Crippen molar-refractivity contribution in [2.45, 2.75) is 37.9 Å². The van der Waals surface area contributed by atoms with Crippen molar-refractivity contribution in [2.75, 3.05) is 7.11 Å². The lowest BCUT2D eigenvalue weighted by Gasteiger charge is -2.44. The van der Waals surface area contributed by atoms with E-state index in [2.05, 4.69) is 6.58 Å². The second-order valence-electron chi connectivity index (χ2n) is 3.41. The average molecular weight is 184 g/mol. The Morgan fingerprint density at radius 1 is 1.62 bits per heavy atom. The Labute approximate surface area is 78.7 Å². The van der Waals surface area contributed by atoms with Gasteiger partial charge in [-0.25, -0.2) is 4.79 Å². The molecule has 3 nitrogen and oxygen atoms in total. The summed E-state index contributed by atoms with van der Waals surface area (Å²) in [7, 11) is 1.66. The van der Waals surface area contributed by atoms with E-state index in [1.54, 1.807) is 7.11 Å². The maximum absolute atomic E-state index is 10.9. The Balaban J connectivity index is 2.49. The molecule has 0 aliphatic heterocycles. The molecule has 1 aliphatic rings. The summed E-state index contributed by atoms with van der Waals surface area (Å²) in [6.07, 6.45) is 4.07. The van der Waals surface area contributed by atoms with E-state index in [0.29, 0.717) is 0 Å². The molecule has 0 radical (unpaired) electrons. The number of hydrogen-bond acceptors (Lipinski definition) is 3. The zero-order valence-electron chi connectivity index (χ0n) is 8.21. The summed E-state index contributed by atoms with van der Waals surface area (Å²) < 4.78 is 10.5. The van der Waals surface area contributed by atoms with Gasteiger partial charge in [0.15, 0.2) is 0 Å². The van der Waals surface area contributed by atoms with Gasteiger partial charge in [-0.3, -0.25) is 0 Å². The van der Waals surface area contributed by atoms with E-state index >= 15 is 0 Å². The van der Waals surface area contributed by atoms with Crippen molar-refractivity contribution >= 4 is 5.97 Å². The normalized spacial score (nSPS) is 21.4. The topological polar surface area (TPSA) is 35.5 Å². The standard InChI is InChI=1S/C10H16O3/c1-4-9(11)13-8(2)10(12-3)6-5-7-10/h4,8H,1,5-7H2,2-3H3. The summed E-state index contributed by atoms with van der Waals surface area (Å²) in [6, 6.07) is 0. The van der Waals surface area contributed by atoms with Crippen LogP contribution in [-0.2, 0) is 14.3 Å². The van der Waals surface area contributed by atoms with Crippen molar-refractivity contribution in [1.82, 2.24) is 0 Å². The molecule has 0 aromatic heterocycles. The maximum Gasteiger partial charge on any atom is 0.330 e. The van der Waals surface area contributed by atoms with E-state index in [4.69, 9.17) is 9.47 Å². The van der Waals surface area contributed by atoms with Crippen LogP contribution in [0.3, 0.4) is 0 Å². The van der Waals surface area contributed by atoms with Crippen LogP contribution in [0.2, 0.25) is 0 Å². The van der Waals surface area contributed by atoms with E-state index in [9.17, 15) is 4.79 Å². The first-order valence-electron chi connectivity index (χ1n) is 4.53. The van der Waals surface area contributed by atoms with Crippen LogP contribution in [0.1, 0.15) is 26.2 Å². The van der Waals surface area contributed by atoms with Gasteiger partial charge in [0.1, 0.15) is 11.7 Å². The van der Waals surface area contributed by atoms with E-state index in [-0.39, 0.29) is 17.7 Å². The van der Waals surface area contributed by atoms with Crippen molar-refractivity contribution in [3.05, 3.63) is 12.7 Å². The maximum atomic E-state index is 10.9. The van der Waals surface area contributed by atoms with Gasteiger partial charge in [-0.1, -0.05) is 6.58 Å². The first-order valence-corrected chi connectivity index (χ1v) is 4.53. The van der Waals surface area contributed by atoms with Crippen LogP contribution >= 0.6 is 0 Å². The minimum atomic E-state index is -0.379. The van der Waals surface area contributed by atoms with Crippen LogP contribution in [0, 0.1) is 0 Å². The lowest BCUT2D eigenvalue weighted by Crippen LogP contribution is -2.50. The highest BCUT2D eigenvalue weighted by molar-refractivity contribution is 5.81. The van der Waals surface area contributed by atoms with Crippen LogP contribution < -0.4 is 0 Å². The first kappa shape index (κ1) is 10.3. The molecule has 1 rings (SSSR count). The van der Waals surface area contributed by atoms with Crippen molar-refractivity contribution in [3.63, 3.8) is 0 Å². The Hall–Kier alpha value is -0.830. The van der Waals surface area contributed by atoms with Gasteiger partial charge in [-0.15, -0.1) is 0 Å². The molecule has 0 amide bonds. The fourth-order valence-electron chi connectivity index (χ4n) is 1.63. The molecule has 1 saturated carbocycles. The van der Waals surface area contributed by atoms with Gasteiger partial charge < -0.3 is 9.47 Å². The van der Waals surface area contributed by atoms with E-state index in [1.807, 2.05) is 6.92 Å². The van der Waals surface area contributed by atoms with Gasteiger partial charge in [-0.05, 0) is 26.2 Å². The summed E-state index contributed by atoms with van der Waals surface area (Å²) in [5.41, 5.74) is -0.237. The second kappa shape index (κ2) is 3.92. The molecule has 0 heterocycles. The van der Waals surface area contributed by atoms with Crippen molar-refractivity contribution in [3.8, 4) is 0 Å². The van der Waals surface area contributed by atoms with Crippen LogP contribution in [0.15, 0.2) is 12.7 Å². The molecule has 0 aromatic carbocycles. The Kier molecular flexibility index (Phi) is 3.09. The fraction of sp³-hybridized carbons (Fsp3) is 0.700. The molecule has 0 aromatic rings. The summed E-state index contributed by atoms with van der Waals surface area (Å²) in [6.45, 7) is 5.22. The van der Waals surface area contributed by atoms with E-state index in [0.717, 1.165) is 19.3 Å². The van der Waals surface area contributed by atoms with Gasteiger partial charge >= 0.3 is 5.97 Å². The number of methoxy groups -OCH3 is 1. The zero-order valence-corrected chi connectivity index (χ0v) is 8.21. The largest absolute Gasteiger partial charge is 0.456 e. The average Bonchev–Trinajstić information content (AvgIpc) is 2.03. The number of esters is 1. The molecule has 1 fully saturated rings. The van der Waals surface area contributed by atoms with Crippen molar-refractivity contribution in [2.24, 2.45) is 0 Å². The highest BCUT2D eigenvalue weighted by Crippen LogP contribution is 2.39. The molecule has 1 unspecified atom stereocenters. The molecule has 1 atom stereocenters. The summed E-state index contributed by atoms with van der Waals surface area (Å²) in [5, 5.41) is 0. The second-order valence-corrected chi connectivity index (χ2v) is 3.41. The third kappa shape index (κ3) is 1.91. The third-order valence-electron chi connectivity index (χ3n) is 2.81. The van der Waals surface area contributed by atoms with Gasteiger partial charge in [-0.2, -0.15) is 0 Å². The molecular weight excluding hydrogens is 168 g/mol. The number of rotatable bonds is 4. The van der Waals surface area contributed by atoms with Crippen LogP contribution in [0.5, 0.6) is 0 Å². The number of ether oxygens (including phenoxy) is 2. The quantitative estimate of drug-likeness (QED) is 0.492. The molecule has 0 spiro atoms. The van der Waals surface area contributed by atoms with Gasteiger partial charge in [0.25, 0.3) is 0 Å². The van der Waals surface area contributed by atoms with Crippen LogP contribution in [0.4, 0.5) is 0 Å². The Bertz CT molecular complexity index is 201. The molecule has 0 saturated heterocycles. The van der Waals surface area contributed by atoms with Crippen molar-refractivity contribution in [1.29, 1.82) is 0 Å². The van der Waals surface area contributed by atoms with E-state index in [1.165, 1.54) is 6.08 Å². The highest BCUT2D eigenvalue weighted by atomic mass is 16.6. The fourth-order valence-corrected chi connectivity index (χ4v) is 1.63. The third-order valence-corrected chi connectivity index (χ3v) is 2.81. The number of carbonyl (C=O) groups is 1. The van der Waals surface area contributed by atoms with Gasteiger partial charge in [0, 0.05) is 13.2 Å². The predicted octanol–water partition coefficient (Wildman–Crippen LogP) is 1.67. The van der Waals surface area contributed by atoms with Crippen molar-refractivity contribution < 1.29 is 14.3 Å². The van der Waals surface area contributed by atoms with Crippen LogP contribution in [0.25, 0.3) is 0 Å². The lowest BCUT2D eigenvalue weighted by molar-refractivity contribution is -0.177. The van der Waals surface area contributed by atoms with Gasteiger partial charge in [0.05, 0.1) is 0 Å². The molecule has 3 heteroatoms. The molecule has 1 aliphatic carbocycles. The summed E-state index contributed by atoms with van der Waals surface area (Å²) >= 11 is 0. The zero-order chi connectivity index (χ0) is 9.90. The minimum Gasteiger partial charge on any atom is -0.456 e. The lowest BCUT2D eigenvalue weighted by atomic mass is 9.76. The molecule has 0 bridgehead atoms. The minimum absolute atomic E-state index is 0.184.